The molecular formula is C13H15N3O3S. The fourth-order valence-corrected chi connectivity index (χ4v) is 2.18. The SMILES string of the molecule is CC(C)(C)C(=O)CNC(=O)c1cnc2sccn2c1=O. The number of hydrogen-bond acceptors (Lipinski definition) is 5. The topological polar surface area (TPSA) is 80.5 Å². The number of ketones is 1. The Morgan fingerprint density at radius 3 is 2.75 bits per heavy atom. The molecule has 2 rings (SSSR count). The van der Waals surface area contributed by atoms with E-state index in [1.54, 1.807) is 32.3 Å². The number of amides is 1. The van der Waals surface area contributed by atoms with Crippen LogP contribution in [0.1, 0.15) is 31.1 Å². The van der Waals surface area contributed by atoms with E-state index in [9.17, 15) is 14.4 Å². The zero-order valence-electron chi connectivity index (χ0n) is 11.5. The lowest BCUT2D eigenvalue weighted by Gasteiger charge is -2.16. The van der Waals surface area contributed by atoms with E-state index in [0.29, 0.717) is 4.96 Å². The Hall–Kier alpha value is -2.02. The Balaban J connectivity index is 2.18. The lowest BCUT2D eigenvalue weighted by molar-refractivity contribution is -0.125. The number of carbonyl (C=O) groups is 2. The highest BCUT2D eigenvalue weighted by Crippen LogP contribution is 2.13. The van der Waals surface area contributed by atoms with Crippen LogP contribution in [0.5, 0.6) is 0 Å². The van der Waals surface area contributed by atoms with Crippen molar-refractivity contribution in [3.8, 4) is 0 Å². The van der Waals surface area contributed by atoms with Crippen molar-refractivity contribution in [1.29, 1.82) is 0 Å². The molecule has 0 fully saturated rings. The van der Waals surface area contributed by atoms with Crippen molar-refractivity contribution in [3.05, 3.63) is 33.7 Å². The van der Waals surface area contributed by atoms with Gasteiger partial charge in [0.2, 0.25) is 0 Å². The average molecular weight is 293 g/mol. The van der Waals surface area contributed by atoms with Gasteiger partial charge in [-0.25, -0.2) is 4.98 Å². The summed E-state index contributed by atoms with van der Waals surface area (Å²) in [4.78, 5) is 40.3. The second-order valence-electron chi connectivity index (χ2n) is 5.39. The maximum Gasteiger partial charge on any atom is 0.271 e. The number of thiazole rings is 1. The molecule has 0 radical (unpaired) electrons. The Kier molecular flexibility index (Phi) is 3.71. The predicted octanol–water partition coefficient (Wildman–Crippen LogP) is 1.10. The first-order valence-electron chi connectivity index (χ1n) is 6.07. The van der Waals surface area contributed by atoms with Crippen molar-refractivity contribution >= 4 is 28.0 Å². The minimum Gasteiger partial charge on any atom is -0.345 e. The van der Waals surface area contributed by atoms with Crippen LogP contribution in [0, 0.1) is 5.41 Å². The lowest BCUT2D eigenvalue weighted by atomic mass is 9.91. The summed E-state index contributed by atoms with van der Waals surface area (Å²) >= 11 is 1.31. The molecule has 2 aromatic rings. The largest absolute Gasteiger partial charge is 0.345 e. The normalized spacial score (nSPS) is 11.6. The Labute approximate surface area is 119 Å². The number of hydrogen-bond donors (Lipinski definition) is 1. The first-order valence-corrected chi connectivity index (χ1v) is 6.95. The van der Waals surface area contributed by atoms with Crippen molar-refractivity contribution in [3.63, 3.8) is 0 Å². The molecular weight excluding hydrogens is 278 g/mol. The fraction of sp³-hybridized carbons (Fsp3) is 0.385. The summed E-state index contributed by atoms with van der Waals surface area (Å²) in [7, 11) is 0. The number of Topliss-reactive ketones (excluding diaryl/α,β-unsaturated/α-hetero) is 1. The monoisotopic (exact) mass is 293 g/mol. The highest BCUT2D eigenvalue weighted by molar-refractivity contribution is 7.15. The summed E-state index contributed by atoms with van der Waals surface area (Å²) in [5.41, 5.74) is -1.03. The van der Waals surface area contributed by atoms with Gasteiger partial charge in [-0.1, -0.05) is 20.8 Å². The molecule has 106 valence electrons. The summed E-state index contributed by atoms with van der Waals surface area (Å²) in [6.07, 6.45) is 2.80. The van der Waals surface area contributed by atoms with Crippen molar-refractivity contribution in [2.75, 3.05) is 6.54 Å². The van der Waals surface area contributed by atoms with Gasteiger partial charge >= 0.3 is 0 Å². The molecule has 0 aliphatic rings. The molecule has 2 heterocycles. The lowest BCUT2D eigenvalue weighted by Crippen LogP contribution is -2.38. The van der Waals surface area contributed by atoms with Gasteiger partial charge in [-0.05, 0) is 0 Å². The van der Waals surface area contributed by atoms with E-state index < -0.39 is 16.9 Å². The van der Waals surface area contributed by atoms with Crippen LogP contribution in [0.3, 0.4) is 0 Å². The summed E-state index contributed by atoms with van der Waals surface area (Å²) in [6.45, 7) is 5.22. The van der Waals surface area contributed by atoms with Gasteiger partial charge in [0.05, 0.1) is 6.54 Å². The highest BCUT2D eigenvalue weighted by atomic mass is 32.1. The quantitative estimate of drug-likeness (QED) is 0.919. The molecule has 0 aliphatic heterocycles. The molecule has 0 atom stereocenters. The molecule has 7 heteroatoms. The second-order valence-corrected chi connectivity index (χ2v) is 6.26. The van der Waals surface area contributed by atoms with E-state index in [1.165, 1.54) is 21.9 Å². The summed E-state index contributed by atoms with van der Waals surface area (Å²) in [5.74, 6) is -0.684. The van der Waals surface area contributed by atoms with Crippen LogP contribution in [0.4, 0.5) is 0 Å². The van der Waals surface area contributed by atoms with Crippen molar-refractivity contribution < 1.29 is 9.59 Å². The van der Waals surface area contributed by atoms with Crippen LogP contribution in [0.15, 0.2) is 22.6 Å². The molecule has 1 amide bonds. The van der Waals surface area contributed by atoms with Crippen LogP contribution in [0.25, 0.3) is 4.96 Å². The summed E-state index contributed by atoms with van der Waals surface area (Å²) in [6, 6.07) is 0. The van der Waals surface area contributed by atoms with Gasteiger partial charge in [0.1, 0.15) is 5.56 Å². The van der Waals surface area contributed by atoms with Gasteiger partial charge in [-0.15, -0.1) is 11.3 Å². The number of nitrogens with one attached hydrogen (secondary N) is 1. The number of aromatic nitrogens is 2. The summed E-state index contributed by atoms with van der Waals surface area (Å²) < 4.78 is 1.31. The van der Waals surface area contributed by atoms with Crippen LogP contribution in [0.2, 0.25) is 0 Å². The third kappa shape index (κ3) is 2.77. The van der Waals surface area contributed by atoms with Gasteiger partial charge in [-0.3, -0.25) is 18.8 Å². The number of fused-ring (bicyclic) bond motifs is 1. The van der Waals surface area contributed by atoms with Gasteiger partial charge in [0.25, 0.3) is 11.5 Å². The van der Waals surface area contributed by atoms with Gasteiger partial charge < -0.3 is 5.32 Å². The van der Waals surface area contributed by atoms with Crippen molar-refractivity contribution in [2.24, 2.45) is 5.41 Å². The first kappa shape index (κ1) is 14.4. The second kappa shape index (κ2) is 5.16. The predicted molar refractivity (Wildman–Crippen MR) is 76.1 cm³/mol. The maximum absolute atomic E-state index is 12.1. The minimum absolute atomic E-state index is 0.0670. The Bertz CT molecular complexity index is 724. The smallest absolute Gasteiger partial charge is 0.271 e. The average Bonchev–Trinajstić information content (AvgIpc) is 2.84. The molecule has 6 nitrogen and oxygen atoms in total. The van der Waals surface area contributed by atoms with Gasteiger partial charge in [0, 0.05) is 23.2 Å². The number of rotatable bonds is 3. The van der Waals surface area contributed by atoms with Gasteiger partial charge in [-0.2, -0.15) is 0 Å². The fourth-order valence-electron chi connectivity index (χ4n) is 1.50. The molecule has 0 aliphatic carbocycles. The van der Waals surface area contributed by atoms with E-state index >= 15 is 0 Å². The molecule has 1 N–H and O–H groups in total. The van der Waals surface area contributed by atoms with E-state index in [-0.39, 0.29) is 17.9 Å². The number of nitrogens with zero attached hydrogens (tertiary/aromatic N) is 2. The summed E-state index contributed by atoms with van der Waals surface area (Å²) in [5, 5.41) is 4.18. The van der Waals surface area contributed by atoms with Crippen LogP contribution >= 0.6 is 11.3 Å². The number of carbonyl (C=O) groups excluding carboxylic acids is 2. The molecule has 0 saturated carbocycles. The molecule has 0 spiro atoms. The molecule has 0 unspecified atom stereocenters. The molecule has 0 saturated heterocycles. The van der Waals surface area contributed by atoms with E-state index in [1.807, 2.05) is 0 Å². The van der Waals surface area contributed by atoms with Crippen LogP contribution < -0.4 is 10.9 Å². The van der Waals surface area contributed by atoms with Crippen LogP contribution in [-0.2, 0) is 4.79 Å². The third-order valence-corrected chi connectivity index (χ3v) is 3.60. The van der Waals surface area contributed by atoms with Gasteiger partial charge in [0.15, 0.2) is 10.7 Å². The highest BCUT2D eigenvalue weighted by Gasteiger charge is 2.22. The van der Waals surface area contributed by atoms with Crippen molar-refractivity contribution in [2.45, 2.75) is 20.8 Å². The first-order chi connectivity index (χ1) is 9.30. The molecule has 2 aromatic heterocycles. The zero-order chi connectivity index (χ0) is 14.9. The standard InChI is InChI=1S/C13H15N3O3S/c1-13(2,3)9(17)7-14-10(18)8-6-15-12-16(11(8)19)4-5-20-12/h4-6H,7H2,1-3H3,(H,14,18). The van der Waals surface area contributed by atoms with Crippen LogP contribution in [-0.4, -0.2) is 27.6 Å². The molecule has 0 aromatic carbocycles. The zero-order valence-corrected chi connectivity index (χ0v) is 12.3. The van der Waals surface area contributed by atoms with Crippen molar-refractivity contribution in [1.82, 2.24) is 14.7 Å². The maximum atomic E-state index is 12.1. The van der Waals surface area contributed by atoms with E-state index in [0.717, 1.165) is 0 Å². The third-order valence-electron chi connectivity index (χ3n) is 2.83. The minimum atomic E-state index is -0.583. The molecule has 0 bridgehead atoms. The van der Waals surface area contributed by atoms with E-state index in [2.05, 4.69) is 10.3 Å². The molecule has 20 heavy (non-hydrogen) atoms. The van der Waals surface area contributed by atoms with E-state index in [4.69, 9.17) is 0 Å². The Morgan fingerprint density at radius 1 is 1.40 bits per heavy atom. The Morgan fingerprint density at radius 2 is 2.10 bits per heavy atom.